The first-order chi connectivity index (χ1) is 15.8. The number of hydrogen-bond acceptors (Lipinski definition) is 3. The molecule has 0 aromatic heterocycles. The molecule has 0 aliphatic rings. The zero-order valence-electron chi connectivity index (χ0n) is 21.9. The minimum atomic E-state index is -0.489. The van der Waals surface area contributed by atoms with Gasteiger partial charge in [0.2, 0.25) is 0 Å². The SMILES string of the molecule is CCCCCCCCCCC=CCCCCCCCCOC(=O)OCCCCCCCC. The topological polar surface area (TPSA) is 35.5 Å². The average Bonchev–Trinajstić information content (AvgIpc) is 2.80. The third-order valence-corrected chi connectivity index (χ3v) is 6.09. The predicted octanol–water partition coefficient (Wildman–Crippen LogP) is 10.3. The summed E-state index contributed by atoms with van der Waals surface area (Å²) in [7, 11) is 0. The number of ether oxygens (including phenoxy) is 2. The highest BCUT2D eigenvalue weighted by molar-refractivity contribution is 5.59. The molecule has 0 unspecified atom stereocenters. The molecule has 0 bridgehead atoms. The quantitative estimate of drug-likeness (QED) is 0.0784. The summed E-state index contributed by atoms with van der Waals surface area (Å²) >= 11 is 0. The van der Waals surface area contributed by atoms with Gasteiger partial charge in [0.05, 0.1) is 13.2 Å². The molecule has 32 heavy (non-hydrogen) atoms. The highest BCUT2D eigenvalue weighted by Gasteiger charge is 2.03. The molecule has 0 aliphatic carbocycles. The average molecular weight is 453 g/mol. The van der Waals surface area contributed by atoms with Crippen molar-refractivity contribution in [1.82, 2.24) is 0 Å². The Labute approximate surface area is 201 Å². The third-order valence-electron chi connectivity index (χ3n) is 6.09. The Morgan fingerprint density at radius 1 is 0.469 bits per heavy atom. The minimum Gasteiger partial charge on any atom is -0.434 e. The third kappa shape index (κ3) is 27.0. The van der Waals surface area contributed by atoms with Crippen LogP contribution < -0.4 is 0 Å². The summed E-state index contributed by atoms with van der Waals surface area (Å²) < 4.78 is 10.3. The molecule has 3 heteroatoms. The fourth-order valence-electron chi connectivity index (χ4n) is 3.94. The minimum absolute atomic E-state index is 0.489. The first kappa shape index (κ1) is 31.0. The Hall–Kier alpha value is -0.990. The summed E-state index contributed by atoms with van der Waals surface area (Å²) in [5.41, 5.74) is 0. The zero-order valence-corrected chi connectivity index (χ0v) is 21.9. The van der Waals surface area contributed by atoms with Crippen molar-refractivity contribution < 1.29 is 14.3 Å². The molecule has 0 aromatic carbocycles. The lowest BCUT2D eigenvalue weighted by molar-refractivity contribution is 0.0529. The molecule has 0 saturated carbocycles. The van der Waals surface area contributed by atoms with Gasteiger partial charge in [-0.05, 0) is 38.5 Å². The highest BCUT2D eigenvalue weighted by atomic mass is 16.7. The second kappa shape index (κ2) is 28.0. The molecular weight excluding hydrogens is 396 g/mol. The van der Waals surface area contributed by atoms with Gasteiger partial charge in [0, 0.05) is 0 Å². The van der Waals surface area contributed by atoms with E-state index < -0.39 is 6.16 Å². The maximum absolute atomic E-state index is 11.5. The van der Waals surface area contributed by atoms with Gasteiger partial charge in [-0.2, -0.15) is 0 Å². The normalized spacial score (nSPS) is 11.3. The van der Waals surface area contributed by atoms with Crippen LogP contribution >= 0.6 is 0 Å². The summed E-state index contributed by atoms with van der Waals surface area (Å²) in [6.07, 6.45) is 32.4. The van der Waals surface area contributed by atoms with Gasteiger partial charge < -0.3 is 9.47 Å². The fraction of sp³-hybridized carbons (Fsp3) is 0.897. The Morgan fingerprint density at radius 2 is 0.781 bits per heavy atom. The van der Waals surface area contributed by atoms with Crippen LogP contribution in [-0.2, 0) is 9.47 Å². The van der Waals surface area contributed by atoms with Gasteiger partial charge in [-0.1, -0.05) is 129 Å². The summed E-state index contributed by atoms with van der Waals surface area (Å²) in [5.74, 6) is 0. The molecule has 0 atom stereocenters. The Morgan fingerprint density at radius 3 is 1.16 bits per heavy atom. The fourth-order valence-corrected chi connectivity index (χ4v) is 3.94. The molecule has 0 amide bonds. The molecular formula is C29H56O3. The van der Waals surface area contributed by atoms with E-state index in [0.717, 1.165) is 25.7 Å². The smallest absolute Gasteiger partial charge is 0.434 e. The summed E-state index contributed by atoms with van der Waals surface area (Å²) in [5, 5.41) is 0. The van der Waals surface area contributed by atoms with Crippen LogP contribution in [-0.4, -0.2) is 19.4 Å². The van der Waals surface area contributed by atoms with Crippen molar-refractivity contribution in [3.8, 4) is 0 Å². The molecule has 0 fully saturated rings. The molecule has 190 valence electrons. The maximum Gasteiger partial charge on any atom is 0.508 e. The van der Waals surface area contributed by atoms with Gasteiger partial charge in [-0.3, -0.25) is 0 Å². The molecule has 0 saturated heterocycles. The van der Waals surface area contributed by atoms with Crippen LogP contribution in [0.25, 0.3) is 0 Å². The van der Waals surface area contributed by atoms with Gasteiger partial charge in [-0.25, -0.2) is 4.79 Å². The molecule has 0 N–H and O–H groups in total. The summed E-state index contributed by atoms with van der Waals surface area (Å²) in [6, 6.07) is 0. The van der Waals surface area contributed by atoms with Crippen molar-refractivity contribution in [3.05, 3.63) is 12.2 Å². The summed E-state index contributed by atoms with van der Waals surface area (Å²) in [4.78, 5) is 11.5. The van der Waals surface area contributed by atoms with Crippen LogP contribution in [0.4, 0.5) is 4.79 Å². The predicted molar refractivity (Wildman–Crippen MR) is 139 cm³/mol. The van der Waals surface area contributed by atoms with E-state index in [4.69, 9.17) is 9.47 Å². The number of carbonyl (C=O) groups excluding carboxylic acids is 1. The molecule has 0 aromatic rings. The van der Waals surface area contributed by atoms with Gasteiger partial charge in [0.1, 0.15) is 0 Å². The largest absolute Gasteiger partial charge is 0.508 e. The van der Waals surface area contributed by atoms with Crippen LogP contribution in [0.3, 0.4) is 0 Å². The van der Waals surface area contributed by atoms with Gasteiger partial charge in [0.15, 0.2) is 0 Å². The Bertz CT molecular complexity index is 392. The number of hydrogen-bond donors (Lipinski definition) is 0. The van der Waals surface area contributed by atoms with Gasteiger partial charge in [0.25, 0.3) is 0 Å². The standard InChI is InChI=1S/C29H56O3/c1-3-5-7-9-11-12-13-14-15-16-17-18-19-20-21-22-24-26-28-32-29(30)31-27-25-23-10-8-6-4-2/h16-17H,3-15,18-28H2,1-2H3. The van der Waals surface area contributed by atoms with Crippen molar-refractivity contribution in [2.45, 2.75) is 155 Å². The zero-order chi connectivity index (χ0) is 23.4. The lowest BCUT2D eigenvalue weighted by atomic mass is 10.1. The molecule has 0 aliphatic heterocycles. The van der Waals surface area contributed by atoms with Crippen molar-refractivity contribution in [2.24, 2.45) is 0 Å². The van der Waals surface area contributed by atoms with E-state index in [9.17, 15) is 4.79 Å². The molecule has 3 nitrogen and oxygen atoms in total. The number of carbonyl (C=O) groups is 1. The van der Waals surface area contributed by atoms with Gasteiger partial charge in [-0.15, -0.1) is 0 Å². The Kier molecular flexibility index (Phi) is 27.2. The lowest BCUT2D eigenvalue weighted by Crippen LogP contribution is -2.09. The van der Waals surface area contributed by atoms with Crippen molar-refractivity contribution >= 4 is 6.16 Å². The van der Waals surface area contributed by atoms with E-state index in [1.165, 1.54) is 116 Å². The molecule has 0 rings (SSSR count). The van der Waals surface area contributed by atoms with E-state index in [1.54, 1.807) is 0 Å². The molecule has 0 spiro atoms. The van der Waals surface area contributed by atoms with Gasteiger partial charge >= 0.3 is 6.16 Å². The van der Waals surface area contributed by atoms with E-state index in [0.29, 0.717) is 13.2 Å². The second-order valence-corrected chi connectivity index (χ2v) is 9.36. The van der Waals surface area contributed by atoms with Crippen LogP contribution in [0, 0.1) is 0 Å². The van der Waals surface area contributed by atoms with Crippen LogP contribution in [0.1, 0.15) is 155 Å². The van der Waals surface area contributed by atoms with E-state index in [-0.39, 0.29) is 0 Å². The molecule has 0 radical (unpaired) electrons. The lowest BCUT2D eigenvalue weighted by Gasteiger charge is -2.06. The van der Waals surface area contributed by atoms with Crippen molar-refractivity contribution in [1.29, 1.82) is 0 Å². The van der Waals surface area contributed by atoms with E-state index in [1.807, 2.05) is 0 Å². The Balaban J connectivity index is 3.18. The number of rotatable bonds is 25. The maximum atomic E-state index is 11.5. The second-order valence-electron chi connectivity index (χ2n) is 9.36. The van der Waals surface area contributed by atoms with Crippen LogP contribution in [0.5, 0.6) is 0 Å². The summed E-state index contributed by atoms with van der Waals surface area (Å²) in [6.45, 7) is 5.50. The van der Waals surface area contributed by atoms with E-state index in [2.05, 4.69) is 26.0 Å². The first-order valence-corrected chi connectivity index (χ1v) is 14.3. The molecule has 0 heterocycles. The van der Waals surface area contributed by atoms with Crippen LogP contribution in [0.15, 0.2) is 12.2 Å². The van der Waals surface area contributed by atoms with E-state index >= 15 is 0 Å². The van der Waals surface area contributed by atoms with Crippen molar-refractivity contribution in [3.63, 3.8) is 0 Å². The number of unbranched alkanes of at least 4 members (excludes halogenated alkanes) is 19. The van der Waals surface area contributed by atoms with Crippen LogP contribution in [0.2, 0.25) is 0 Å². The monoisotopic (exact) mass is 452 g/mol. The number of allylic oxidation sites excluding steroid dienone is 2. The highest BCUT2D eigenvalue weighted by Crippen LogP contribution is 2.11. The first-order valence-electron chi connectivity index (χ1n) is 14.3. The van der Waals surface area contributed by atoms with Crippen molar-refractivity contribution in [2.75, 3.05) is 13.2 Å².